The Hall–Kier alpha value is -2.30. The molecule has 0 spiro atoms. The number of ether oxygens (including phenoxy) is 1. The highest BCUT2D eigenvalue weighted by Gasteiger charge is 2.19. The number of fused-ring (bicyclic) bond motifs is 1. The van der Waals surface area contributed by atoms with Crippen molar-refractivity contribution in [1.82, 2.24) is 4.98 Å². The number of hydrogen-bond donors (Lipinski definition) is 2. The summed E-state index contributed by atoms with van der Waals surface area (Å²) in [6, 6.07) is 6.93. The molecule has 0 unspecified atom stereocenters. The lowest BCUT2D eigenvalue weighted by Crippen LogP contribution is -2.19. The van der Waals surface area contributed by atoms with Gasteiger partial charge in [0.25, 0.3) is 5.56 Å². The fourth-order valence-electron chi connectivity index (χ4n) is 1.70. The van der Waals surface area contributed by atoms with Gasteiger partial charge in [0.1, 0.15) is 5.75 Å². The molecule has 2 N–H and O–H groups in total. The van der Waals surface area contributed by atoms with Gasteiger partial charge in [0.15, 0.2) is 5.56 Å². The van der Waals surface area contributed by atoms with E-state index < -0.39 is 11.5 Å². The molecule has 0 radical (unpaired) electrons. The second-order valence-corrected chi connectivity index (χ2v) is 3.44. The third-order valence-corrected chi connectivity index (χ3v) is 2.38. The predicted octanol–water partition coefficient (Wildman–Crippen LogP) is 1.62. The molecule has 5 nitrogen and oxygen atoms in total. The Morgan fingerprint density at radius 3 is 2.76 bits per heavy atom. The Labute approximate surface area is 96.7 Å². The number of para-hydroxylation sites is 1. The maximum Gasteiger partial charge on any atom is 0.345 e. The van der Waals surface area contributed by atoms with E-state index in [-0.39, 0.29) is 11.3 Å². The highest BCUT2D eigenvalue weighted by Crippen LogP contribution is 2.25. The van der Waals surface area contributed by atoms with Gasteiger partial charge >= 0.3 is 5.97 Å². The molecule has 0 amide bonds. The Kier molecular flexibility index (Phi) is 2.82. The van der Waals surface area contributed by atoms with Gasteiger partial charge < -0.3 is 14.8 Å². The number of hydrogen-bond acceptors (Lipinski definition) is 3. The maximum absolute atomic E-state index is 11.7. The zero-order valence-corrected chi connectivity index (χ0v) is 9.19. The summed E-state index contributed by atoms with van der Waals surface area (Å²) < 4.78 is 5.29. The average Bonchev–Trinajstić information content (AvgIpc) is 2.28. The molecule has 5 heteroatoms. The number of pyridine rings is 1. The van der Waals surface area contributed by atoms with Crippen LogP contribution in [0.15, 0.2) is 29.1 Å². The van der Waals surface area contributed by atoms with Crippen molar-refractivity contribution in [3.8, 4) is 5.75 Å². The van der Waals surface area contributed by atoms with Gasteiger partial charge in [0, 0.05) is 5.39 Å². The summed E-state index contributed by atoms with van der Waals surface area (Å²) in [5.41, 5.74) is -0.448. The van der Waals surface area contributed by atoms with Crippen LogP contribution in [0.3, 0.4) is 0 Å². The highest BCUT2D eigenvalue weighted by molar-refractivity contribution is 5.98. The number of carboxylic acid groups (broad SMARTS) is 1. The van der Waals surface area contributed by atoms with Crippen molar-refractivity contribution >= 4 is 16.9 Å². The Morgan fingerprint density at radius 2 is 2.12 bits per heavy atom. The number of carbonyl (C=O) groups is 1. The smallest absolute Gasteiger partial charge is 0.345 e. The molecule has 0 aliphatic carbocycles. The van der Waals surface area contributed by atoms with Crippen LogP contribution in [0.5, 0.6) is 5.75 Å². The summed E-state index contributed by atoms with van der Waals surface area (Å²) in [5.74, 6) is -1.17. The third kappa shape index (κ3) is 1.87. The Balaban J connectivity index is 2.88. The number of nitrogens with one attached hydrogen (secondary N) is 1. The number of aromatic amines is 1. The maximum atomic E-state index is 11.7. The zero-order chi connectivity index (χ0) is 12.4. The second kappa shape index (κ2) is 4.29. The summed E-state index contributed by atoms with van der Waals surface area (Å²) in [7, 11) is 0. The zero-order valence-electron chi connectivity index (χ0n) is 9.19. The molecule has 1 heterocycles. The van der Waals surface area contributed by atoms with Crippen molar-refractivity contribution in [3.05, 3.63) is 40.2 Å². The quantitative estimate of drug-likeness (QED) is 0.844. The minimum atomic E-state index is -1.29. The molecule has 0 atom stereocenters. The first-order valence-corrected chi connectivity index (χ1v) is 5.16. The minimum Gasteiger partial charge on any atom is -0.492 e. The molecular weight excluding hydrogens is 222 g/mol. The predicted molar refractivity (Wildman–Crippen MR) is 62.7 cm³/mol. The molecular formula is C12H11NO4. The van der Waals surface area contributed by atoms with Gasteiger partial charge in [-0.1, -0.05) is 12.1 Å². The van der Waals surface area contributed by atoms with Crippen LogP contribution in [0, 0.1) is 0 Å². The van der Waals surface area contributed by atoms with Gasteiger partial charge in [-0.15, -0.1) is 0 Å². The van der Waals surface area contributed by atoms with Gasteiger partial charge in [-0.05, 0) is 19.1 Å². The van der Waals surface area contributed by atoms with E-state index in [1.165, 1.54) is 0 Å². The minimum absolute atomic E-state index is 0.124. The molecule has 0 fully saturated rings. The highest BCUT2D eigenvalue weighted by atomic mass is 16.5. The van der Waals surface area contributed by atoms with E-state index in [0.29, 0.717) is 17.5 Å². The number of carboxylic acids is 1. The first-order valence-electron chi connectivity index (χ1n) is 5.16. The summed E-state index contributed by atoms with van der Waals surface area (Å²) in [5, 5.41) is 9.62. The van der Waals surface area contributed by atoms with E-state index in [2.05, 4.69) is 4.98 Å². The van der Waals surface area contributed by atoms with Crippen molar-refractivity contribution in [2.75, 3.05) is 6.61 Å². The van der Waals surface area contributed by atoms with E-state index in [0.717, 1.165) is 0 Å². The lowest BCUT2D eigenvalue weighted by atomic mass is 10.1. The number of aromatic nitrogens is 1. The standard InChI is InChI=1S/C12H11NO4/c1-2-17-10-7-5-3-4-6-8(7)13-11(14)9(10)12(15)16/h3-6H,2H2,1H3,(H,13,14)(H,15,16). The van der Waals surface area contributed by atoms with Gasteiger partial charge in [-0.25, -0.2) is 4.79 Å². The van der Waals surface area contributed by atoms with Gasteiger partial charge in [0.2, 0.25) is 0 Å². The number of benzene rings is 1. The summed E-state index contributed by atoms with van der Waals surface area (Å²) in [6.45, 7) is 2.04. The molecule has 88 valence electrons. The molecule has 2 rings (SSSR count). The van der Waals surface area contributed by atoms with Gasteiger partial charge in [-0.2, -0.15) is 0 Å². The Morgan fingerprint density at radius 1 is 1.41 bits per heavy atom. The van der Waals surface area contributed by atoms with Crippen molar-refractivity contribution in [3.63, 3.8) is 0 Å². The van der Waals surface area contributed by atoms with Gasteiger partial charge in [0.05, 0.1) is 12.1 Å². The summed E-state index contributed by atoms with van der Waals surface area (Å²) in [6.07, 6.45) is 0. The Bertz CT molecular complexity index is 630. The molecule has 0 aliphatic rings. The van der Waals surface area contributed by atoms with Crippen LogP contribution in [-0.2, 0) is 0 Å². The van der Waals surface area contributed by atoms with Crippen LogP contribution in [0.25, 0.3) is 10.9 Å². The van der Waals surface area contributed by atoms with Crippen LogP contribution in [0.2, 0.25) is 0 Å². The van der Waals surface area contributed by atoms with E-state index in [9.17, 15) is 9.59 Å². The lowest BCUT2D eigenvalue weighted by Gasteiger charge is -2.09. The fraction of sp³-hybridized carbons (Fsp3) is 0.167. The summed E-state index contributed by atoms with van der Waals surface area (Å²) >= 11 is 0. The largest absolute Gasteiger partial charge is 0.492 e. The monoisotopic (exact) mass is 233 g/mol. The lowest BCUT2D eigenvalue weighted by molar-refractivity contribution is 0.0691. The molecule has 2 aromatic rings. The second-order valence-electron chi connectivity index (χ2n) is 3.44. The topological polar surface area (TPSA) is 79.4 Å². The fourth-order valence-corrected chi connectivity index (χ4v) is 1.70. The molecule has 1 aromatic carbocycles. The van der Waals surface area contributed by atoms with Crippen LogP contribution in [0.4, 0.5) is 0 Å². The molecule has 0 bridgehead atoms. The molecule has 17 heavy (non-hydrogen) atoms. The molecule has 0 saturated heterocycles. The van der Waals surface area contributed by atoms with Crippen LogP contribution in [-0.4, -0.2) is 22.7 Å². The van der Waals surface area contributed by atoms with E-state index in [1.54, 1.807) is 31.2 Å². The van der Waals surface area contributed by atoms with Crippen LogP contribution in [0.1, 0.15) is 17.3 Å². The van der Waals surface area contributed by atoms with Crippen molar-refractivity contribution in [1.29, 1.82) is 0 Å². The number of H-pyrrole nitrogens is 1. The van der Waals surface area contributed by atoms with Gasteiger partial charge in [-0.3, -0.25) is 4.79 Å². The van der Waals surface area contributed by atoms with E-state index in [1.807, 2.05) is 0 Å². The molecule has 1 aromatic heterocycles. The van der Waals surface area contributed by atoms with Crippen molar-refractivity contribution < 1.29 is 14.6 Å². The van der Waals surface area contributed by atoms with Crippen LogP contribution >= 0.6 is 0 Å². The van der Waals surface area contributed by atoms with E-state index >= 15 is 0 Å². The number of aromatic carboxylic acids is 1. The van der Waals surface area contributed by atoms with Crippen molar-refractivity contribution in [2.45, 2.75) is 6.92 Å². The first-order chi connectivity index (χ1) is 8.15. The first kappa shape index (κ1) is 11.2. The number of rotatable bonds is 3. The molecule has 0 saturated carbocycles. The van der Waals surface area contributed by atoms with E-state index in [4.69, 9.17) is 9.84 Å². The summed E-state index contributed by atoms with van der Waals surface area (Å²) in [4.78, 5) is 25.2. The van der Waals surface area contributed by atoms with Crippen molar-refractivity contribution in [2.24, 2.45) is 0 Å². The molecule has 0 aliphatic heterocycles. The van der Waals surface area contributed by atoms with Crippen LogP contribution < -0.4 is 10.3 Å². The SMILES string of the molecule is CCOc1c(C(=O)O)c(=O)[nH]c2ccccc12. The normalized spacial score (nSPS) is 10.4. The third-order valence-electron chi connectivity index (χ3n) is 2.38. The average molecular weight is 233 g/mol.